The zero-order chi connectivity index (χ0) is 17.5. The Morgan fingerprint density at radius 3 is 2.77 bits per heavy atom. The zero-order valence-electron chi connectivity index (χ0n) is 15.0. The summed E-state index contributed by atoms with van der Waals surface area (Å²) in [6, 6.07) is 8.61. The number of nitrogens with zero attached hydrogens (tertiary/aromatic N) is 3. The average Bonchev–Trinajstić information content (AvgIpc) is 2.70. The molecule has 2 aromatic rings. The average molecular weight is 351 g/mol. The lowest BCUT2D eigenvalue weighted by atomic mass is 9.81. The largest absolute Gasteiger partial charge is 0.381 e. The molecular formula is C21H25N3O2. The molecule has 5 rings (SSSR count). The normalized spacial score (nSPS) is 26.5. The van der Waals surface area contributed by atoms with Crippen LogP contribution < -0.4 is 5.56 Å². The summed E-state index contributed by atoms with van der Waals surface area (Å²) < 4.78 is 7.57. The molecule has 0 spiro atoms. The Balaban J connectivity index is 1.48. The van der Waals surface area contributed by atoms with Gasteiger partial charge in [0, 0.05) is 74.5 Å². The van der Waals surface area contributed by atoms with E-state index in [1.165, 1.54) is 12.1 Å². The van der Waals surface area contributed by atoms with E-state index < -0.39 is 0 Å². The van der Waals surface area contributed by atoms with Crippen molar-refractivity contribution in [3.05, 3.63) is 52.7 Å². The van der Waals surface area contributed by atoms with Crippen LogP contribution in [0.15, 0.2) is 41.5 Å². The fourth-order valence-electron chi connectivity index (χ4n) is 5.04. The highest BCUT2D eigenvalue weighted by Crippen LogP contribution is 2.38. The Labute approximate surface area is 153 Å². The van der Waals surface area contributed by atoms with Crippen molar-refractivity contribution in [2.45, 2.75) is 37.8 Å². The fraction of sp³-hybridized carbons (Fsp3) is 0.524. The van der Waals surface area contributed by atoms with E-state index >= 15 is 0 Å². The van der Waals surface area contributed by atoms with Gasteiger partial charge in [-0.05, 0) is 42.9 Å². The summed E-state index contributed by atoms with van der Waals surface area (Å²) in [6.45, 7) is 4.82. The van der Waals surface area contributed by atoms with Crippen LogP contribution in [0.3, 0.4) is 0 Å². The van der Waals surface area contributed by atoms with Crippen LogP contribution >= 0.6 is 0 Å². The van der Waals surface area contributed by atoms with E-state index in [1.807, 2.05) is 22.9 Å². The highest BCUT2D eigenvalue weighted by molar-refractivity contribution is 5.62. The summed E-state index contributed by atoms with van der Waals surface area (Å²) in [5.41, 5.74) is 3.36. The molecule has 0 N–H and O–H groups in total. The van der Waals surface area contributed by atoms with Crippen LogP contribution in [0.1, 0.15) is 30.9 Å². The number of rotatable bonds is 2. The molecule has 5 heterocycles. The smallest absolute Gasteiger partial charge is 0.251 e. The molecular weight excluding hydrogens is 326 g/mol. The number of aromatic nitrogens is 2. The summed E-state index contributed by atoms with van der Waals surface area (Å²) in [5, 5.41) is 0. The van der Waals surface area contributed by atoms with Gasteiger partial charge in [0.1, 0.15) is 0 Å². The van der Waals surface area contributed by atoms with Gasteiger partial charge in [-0.25, -0.2) is 0 Å². The molecule has 5 nitrogen and oxygen atoms in total. The summed E-state index contributed by atoms with van der Waals surface area (Å²) in [6.07, 6.45) is 7.10. The lowest BCUT2D eigenvalue weighted by molar-refractivity contribution is 0.00588. The van der Waals surface area contributed by atoms with E-state index in [1.54, 1.807) is 12.3 Å². The standard InChI is InChI=1S/C21H25N3O2/c25-21-10-17(16-2-1-5-22-11-16)9-20-18-8-15(13-24(20)21)12-23(14-18)19-3-6-26-7-4-19/h1-2,5,9-11,15,18-19H,3-4,6-8,12-14H2/t15-,18+/m0/s1. The highest BCUT2D eigenvalue weighted by atomic mass is 16.5. The van der Waals surface area contributed by atoms with E-state index in [4.69, 9.17) is 4.74 Å². The van der Waals surface area contributed by atoms with Crippen molar-refractivity contribution in [1.82, 2.24) is 14.5 Å². The topological polar surface area (TPSA) is 47.4 Å². The van der Waals surface area contributed by atoms with E-state index in [9.17, 15) is 4.79 Å². The third kappa shape index (κ3) is 2.89. The minimum Gasteiger partial charge on any atom is -0.381 e. The first-order chi connectivity index (χ1) is 12.8. The second kappa shape index (κ2) is 6.63. The van der Waals surface area contributed by atoms with E-state index in [-0.39, 0.29) is 5.56 Å². The number of ether oxygens (including phenoxy) is 1. The Morgan fingerprint density at radius 1 is 1.08 bits per heavy atom. The molecule has 2 aromatic heterocycles. The summed E-state index contributed by atoms with van der Waals surface area (Å²) in [4.78, 5) is 19.7. The van der Waals surface area contributed by atoms with Crippen LogP contribution in [0.5, 0.6) is 0 Å². The van der Waals surface area contributed by atoms with Crippen molar-refractivity contribution in [3.8, 4) is 11.1 Å². The van der Waals surface area contributed by atoms with Gasteiger partial charge in [0.05, 0.1) is 0 Å². The van der Waals surface area contributed by atoms with Crippen molar-refractivity contribution in [2.24, 2.45) is 5.92 Å². The van der Waals surface area contributed by atoms with Crippen molar-refractivity contribution >= 4 is 0 Å². The first-order valence-corrected chi connectivity index (χ1v) is 9.75. The Kier molecular flexibility index (Phi) is 4.14. The third-order valence-electron chi connectivity index (χ3n) is 6.29. The van der Waals surface area contributed by atoms with Crippen molar-refractivity contribution in [3.63, 3.8) is 0 Å². The number of hydrogen-bond donors (Lipinski definition) is 0. The van der Waals surface area contributed by atoms with Crippen molar-refractivity contribution in [1.29, 1.82) is 0 Å². The maximum Gasteiger partial charge on any atom is 0.251 e. The van der Waals surface area contributed by atoms with E-state index in [0.717, 1.165) is 56.8 Å². The number of pyridine rings is 2. The quantitative estimate of drug-likeness (QED) is 0.834. The number of hydrogen-bond acceptors (Lipinski definition) is 4. The summed E-state index contributed by atoms with van der Waals surface area (Å²) in [5.74, 6) is 1.04. The van der Waals surface area contributed by atoms with Crippen LogP contribution in [0.2, 0.25) is 0 Å². The van der Waals surface area contributed by atoms with Crippen molar-refractivity contribution in [2.75, 3.05) is 26.3 Å². The lowest BCUT2D eigenvalue weighted by Crippen LogP contribution is -2.51. The molecule has 3 aliphatic rings. The summed E-state index contributed by atoms with van der Waals surface area (Å²) >= 11 is 0. The molecule has 0 radical (unpaired) electrons. The molecule has 2 bridgehead atoms. The van der Waals surface area contributed by atoms with Gasteiger partial charge >= 0.3 is 0 Å². The second-order valence-electron chi connectivity index (χ2n) is 7.96. The second-order valence-corrected chi connectivity index (χ2v) is 7.96. The van der Waals surface area contributed by atoms with Crippen LogP contribution in [0.25, 0.3) is 11.1 Å². The molecule has 5 heteroatoms. The first-order valence-electron chi connectivity index (χ1n) is 9.75. The van der Waals surface area contributed by atoms with Gasteiger partial charge in [-0.2, -0.15) is 0 Å². The van der Waals surface area contributed by atoms with Crippen LogP contribution in [0, 0.1) is 5.92 Å². The predicted molar refractivity (Wildman–Crippen MR) is 100 cm³/mol. The molecule has 3 aliphatic heterocycles. The van der Waals surface area contributed by atoms with Gasteiger partial charge < -0.3 is 9.30 Å². The minimum absolute atomic E-state index is 0.135. The number of piperidine rings is 1. The van der Waals surface area contributed by atoms with E-state index in [0.29, 0.717) is 17.9 Å². The van der Waals surface area contributed by atoms with E-state index in [2.05, 4.69) is 16.0 Å². The van der Waals surface area contributed by atoms with Gasteiger partial charge in [0.15, 0.2) is 0 Å². The van der Waals surface area contributed by atoms with Crippen LogP contribution in [-0.4, -0.2) is 46.8 Å². The molecule has 2 fully saturated rings. The molecule has 0 aliphatic carbocycles. The first kappa shape index (κ1) is 16.2. The maximum absolute atomic E-state index is 12.8. The minimum atomic E-state index is 0.135. The molecule has 136 valence electrons. The molecule has 0 saturated carbocycles. The predicted octanol–water partition coefficient (Wildman–Crippen LogP) is 2.51. The van der Waals surface area contributed by atoms with Gasteiger partial charge in [0.2, 0.25) is 0 Å². The zero-order valence-corrected chi connectivity index (χ0v) is 15.0. The SMILES string of the molecule is O=c1cc(-c2cccnc2)cc2n1C[C@H]1C[C@@H]2CN(C2CCOCC2)C1. The molecule has 2 atom stereocenters. The Morgan fingerprint density at radius 2 is 1.96 bits per heavy atom. The Bertz CT molecular complexity index is 842. The lowest BCUT2D eigenvalue weighted by Gasteiger charge is -2.46. The van der Waals surface area contributed by atoms with Gasteiger partial charge in [-0.15, -0.1) is 0 Å². The monoisotopic (exact) mass is 351 g/mol. The highest BCUT2D eigenvalue weighted by Gasteiger charge is 2.37. The molecule has 0 unspecified atom stereocenters. The summed E-state index contributed by atoms with van der Waals surface area (Å²) in [7, 11) is 0. The molecule has 2 saturated heterocycles. The molecule has 0 amide bonds. The number of fused-ring (bicyclic) bond motifs is 4. The molecule has 26 heavy (non-hydrogen) atoms. The van der Waals surface area contributed by atoms with Gasteiger partial charge in [0.25, 0.3) is 5.56 Å². The van der Waals surface area contributed by atoms with Gasteiger partial charge in [-0.1, -0.05) is 6.07 Å². The van der Waals surface area contributed by atoms with Gasteiger partial charge in [-0.3, -0.25) is 14.7 Å². The van der Waals surface area contributed by atoms with Crippen LogP contribution in [-0.2, 0) is 11.3 Å². The fourth-order valence-corrected chi connectivity index (χ4v) is 5.04. The Hall–Kier alpha value is -1.98. The van der Waals surface area contributed by atoms with Crippen LogP contribution in [0.4, 0.5) is 0 Å². The maximum atomic E-state index is 12.8. The molecule has 0 aromatic carbocycles. The third-order valence-corrected chi connectivity index (χ3v) is 6.29. The van der Waals surface area contributed by atoms with Crippen molar-refractivity contribution < 1.29 is 4.74 Å². The number of likely N-dealkylation sites (tertiary alicyclic amines) is 1.